The number of esters is 1. The van der Waals surface area contributed by atoms with Gasteiger partial charge in [-0.05, 0) is 6.92 Å². The van der Waals surface area contributed by atoms with E-state index in [9.17, 15) is 26.7 Å². The van der Waals surface area contributed by atoms with Crippen molar-refractivity contribution in [2.75, 3.05) is 6.61 Å². The second kappa shape index (κ2) is 4.54. The standard InChI is InChI=1S/C7H8F5NO2/c1-2-15-5(14)3-4(13)6(8,9)7(10,11)12/h13H,2-3H2,1H3. The van der Waals surface area contributed by atoms with Gasteiger partial charge in [-0.1, -0.05) is 0 Å². The molecule has 0 saturated carbocycles. The normalized spacial score (nSPS) is 12.4. The van der Waals surface area contributed by atoms with Crippen LogP contribution in [0.5, 0.6) is 0 Å². The summed E-state index contributed by atoms with van der Waals surface area (Å²) in [5.41, 5.74) is -2.02. The van der Waals surface area contributed by atoms with Gasteiger partial charge in [-0.3, -0.25) is 4.79 Å². The molecule has 8 heteroatoms. The molecular weight excluding hydrogens is 225 g/mol. The molecule has 0 aliphatic carbocycles. The average Bonchev–Trinajstić information content (AvgIpc) is 2.02. The maximum absolute atomic E-state index is 12.4. The molecule has 0 fully saturated rings. The molecule has 88 valence electrons. The number of rotatable bonds is 4. The largest absolute Gasteiger partial charge is 0.466 e. The zero-order valence-corrected chi connectivity index (χ0v) is 7.62. The van der Waals surface area contributed by atoms with E-state index >= 15 is 0 Å². The van der Waals surface area contributed by atoms with Crippen LogP contribution in [0.15, 0.2) is 0 Å². The summed E-state index contributed by atoms with van der Waals surface area (Å²) < 4.78 is 63.9. The molecule has 0 aromatic rings. The summed E-state index contributed by atoms with van der Waals surface area (Å²) in [6, 6.07) is 0. The van der Waals surface area contributed by atoms with E-state index < -0.39 is 30.2 Å². The van der Waals surface area contributed by atoms with Crippen LogP contribution in [0.2, 0.25) is 0 Å². The van der Waals surface area contributed by atoms with Crippen LogP contribution in [-0.4, -0.2) is 30.4 Å². The molecule has 0 bridgehead atoms. The summed E-state index contributed by atoms with van der Waals surface area (Å²) in [6.07, 6.45) is -7.24. The van der Waals surface area contributed by atoms with Gasteiger partial charge < -0.3 is 10.1 Å². The Balaban J connectivity index is 4.52. The minimum Gasteiger partial charge on any atom is -0.466 e. The van der Waals surface area contributed by atoms with Crippen LogP contribution in [0.1, 0.15) is 13.3 Å². The molecule has 0 saturated heterocycles. The lowest BCUT2D eigenvalue weighted by Crippen LogP contribution is -2.44. The summed E-state index contributed by atoms with van der Waals surface area (Å²) in [7, 11) is 0. The summed E-state index contributed by atoms with van der Waals surface area (Å²) in [5.74, 6) is -6.58. The second-order valence-electron chi connectivity index (χ2n) is 2.53. The number of hydrogen-bond donors (Lipinski definition) is 1. The van der Waals surface area contributed by atoms with Gasteiger partial charge in [0, 0.05) is 0 Å². The molecule has 0 aromatic heterocycles. The van der Waals surface area contributed by atoms with Crippen molar-refractivity contribution in [3.05, 3.63) is 0 Å². The van der Waals surface area contributed by atoms with Gasteiger partial charge in [0.2, 0.25) is 0 Å². The molecule has 0 unspecified atom stereocenters. The number of carbonyl (C=O) groups excluding carboxylic acids is 1. The van der Waals surface area contributed by atoms with Crippen molar-refractivity contribution >= 4 is 11.7 Å². The Morgan fingerprint density at radius 2 is 1.73 bits per heavy atom. The Kier molecular flexibility index (Phi) is 4.17. The summed E-state index contributed by atoms with van der Waals surface area (Å²) in [4.78, 5) is 10.6. The molecule has 0 spiro atoms. The van der Waals surface area contributed by atoms with Gasteiger partial charge in [0.15, 0.2) is 0 Å². The van der Waals surface area contributed by atoms with Gasteiger partial charge in [0.05, 0.1) is 18.7 Å². The Morgan fingerprint density at radius 1 is 1.27 bits per heavy atom. The van der Waals surface area contributed by atoms with E-state index in [4.69, 9.17) is 5.41 Å². The van der Waals surface area contributed by atoms with Gasteiger partial charge in [-0.15, -0.1) is 0 Å². The molecular formula is C7H8F5NO2. The second-order valence-corrected chi connectivity index (χ2v) is 2.53. The van der Waals surface area contributed by atoms with Crippen LogP contribution in [0, 0.1) is 5.41 Å². The third-order valence-corrected chi connectivity index (χ3v) is 1.36. The smallest absolute Gasteiger partial charge is 0.459 e. The lowest BCUT2D eigenvalue weighted by molar-refractivity contribution is -0.250. The first kappa shape index (κ1) is 13.8. The summed E-state index contributed by atoms with van der Waals surface area (Å²) >= 11 is 0. The highest BCUT2D eigenvalue weighted by atomic mass is 19.4. The summed E-state index contributed by atoms with van der Waals surface area (Å²) in [5, 5.41) is 6.49. The van der Waals surface area contributed by atoms with E-state index in [1.807, 2.05) is 0 Å². The first-order valence-corrected chi connectivity index (χ1v) is 3.81. The van der Waals surface area contributed by atoms with Crippen molar-refractivity contribution in [2.24, 2.45) is 0 Å². The van der Waals surface area contributed by atoms with E-state index in [0.29, 0.717) is 0 Å². The lowest BCUT2D eigenvalue weighted by Gasteiger charge is -2.19. The Hall–Kier alpha value is -1.21. The molecule has 0 aromatic carbocycles. The van der Waals surface area contributed by atoms with Crippen LogP contribution in [-0.2, 0) is 9.53 Å². The highest BCUT2D eigenvalue weighted by molar-refractivity contribution is 6.01. The third kappa shape index (κ3) is 3.45. The molecule has 0 heterocycles. The maximum atomic E-state index is 12.4. The molecule has 0 atom stereocenters. The van der Waals surface area contributed by atoms with Gasteiger partial charge in [0.25, 0.3) is 0 Å². The Morgan fingerprint density at radius 3 is 2.07 bits per heavy atom. The molecule has 0 aliphatic rings. The van der Waals surface area contributed by atoms with Gasteiger partial charge in [0.1, 0.15) is 0 Å². The van der Waals surface area contributed by atoms with E-state index in [2.05, 4.69) is 4.74 Å². The Labute approximate surface area is 81.7 Å². The minimum atomic E-state index is -5.86. The van der Waals surface area contributed by atoms with Crippen molar-refractivity contribution in [3.8, 4) is 0 Å². The highest BCUT2D eigenvalue weighted by Crippen LogP contribution is 2.36. The van der Waals surface area contributed by atoms with Gasteiger partial charge in [-0.2, -0.15) is 22.0 Å². The molecule has 15 heavy (non-hydrogen) atoms. The fourth-order valence-electron chi connectivity index (χ4n) is 0.638. The predicted molar refractivity (Wildman–Crippen MR) is 40.0 cm³/mol. The fraction of sp³-hybridized carbons (Fsp3) is 0.714. The van der Waals surface area contributed by atoms with Crippen LogP contribution in [0.3, 0.4) is 0 Å². The van der Waals surface area contributed by atoms with E-state index in [1.165, 1.54) is 6.92 Å². The van der Waals surface area contributed by atoms with Crippen molar-refractivity contribution in [2.45, 2.75) is 25.4 Å². The lowest BCUT2D eigenvalue weighted by atomic mass is 10.1. The molecule has 1 N–H and O–H groups in total. The monoisotopic (exact) mass is 233 g/mol. The van der Waals surface area contributed by atoms with Gasteiger partial charge in [-0.25, -0.2) is 0 Å². The average molecular weight is 233 g/mol. The zero-order chi connectivity index (χ0) is 12.3. The van der Waals surface area contributed by atoms with Crippen LogP contribution in [0.4, 0.5) is 22.0 Å². The van der Waals surface area contributed by atoms with Crippen LogP contribution >= 0.6 is 0 Å². The first-order valence-electron chi connectivity index (χ1n) is 3.81. The number of hydrogen-bond acceptors (Lipinski definition) is 3. The van der Waals surface area contributed by atoms with E-state index in [0.717, 1.165) is 0 Å². The molecule has 3 nitrogen and oxygen atoms in total. The van der Waals surface area contributed by atoms with Crippen LogP contribution < -0.4 is 0 Å². The third-order valence-electron chi connectivity index (χ3n) is 1.36. The van der Waals surface area contributed by atoms with E-state index in [1.54, 1.807) is 0 Å². The fourth-order valence-corrected chi connectivity index (χ4v) is 0.638. The highest BCUT2D eigenvalue weighted by Gasteiger charge is 2.60. The molecule has 0 radical (unpaired) electrons. The number of ether oxygens (including phenoxy) is 1. The zero-order valence-electron chi connectivity index (χ0n) is 7.62. The predicted octanol–water partition coefficient (Wildman–Crippen LogP) is 2.16. The summed E-state index contributed by atoms with van der Waals surface area (Å²) in [6.45, 7) is 1.22. The van der Waals surface area contributed by atoms with Gasteiger partial charge >= 0.3 is 18.1 Å². The molecule has 0 rings (SSSR count). The van der Waals surface area contributed by atoms with E-state index in [-0.39, 0.29) is 6.61 Å². The Bertz CT molecular complexity index is 261. The number of carbonyl (C=O) groups is 1. The maximum Gasteiger partial charge on any atom is 0.459 e. The number of halogens is 5. The van der Waals surface area contributed by atoms with Crippen molar-refractivity contribution < 1.29 is 31.5 Å². The quantitative estimate of drug-likeness (QED) is 0.459. The van der Waals surface area contributed by atoms with Crippen molar-refractivity contribution in [1.82, 2.24) is 0 Å². The van der Waals surface area contributed by atoms with Crippen molar-refractivity contribution in [3.63, 3.8) is 0 Å². The SMILES string of the molecule is CCOC(=O)CC(=N)C(F)(F)C(F)(F)F. The minimum absolute atomic E-state index is 0.149. The number of alkyl halides is 5. The van der Waals surface area contributed by atoms with Crippen molar-refractivity contribution in [1.29, 1.82) is 5.41 Å². The molecule has 0 aliphatic heterocycles. The molecule has 0 amide bonds. The number of nitrogens with one attached hydrogen (secondary N) is 1. The first-order chi connectivity index (χ1) is 6.63. The topological polar surface area (TPSA) is 50.2 Å². The van der Waals surface area contributed by atoms with Crippen LogP contribution in [0.25, 0.3) is 0 Å².